The van der Waals surface area contributed by atoms with Gasteiger partial charge in [0, 0.05) is 55.3 Å². The number of benzene rings is 1. The van der Waals surface area contributed by atoms with Crippen LogP contribution in [0.3, 0.4) is 0 Å². The minimum absolute atomic E-state index is 0.161. The standard InChI is InChI=1S/C26H31N5OS/c1-18(2)20-4-7-24(27-16-20)30-11-9-21(10-12-30)32-26-15-25(28-17-29-26)31-13-8-19-14-22(33-3)5-6-23(19)31/h4-7,14-18,21H,8-13H2,1-3H3. The molecule has 1 aromatic carbocycles. The zero-order chi connectivity index (χ0) is 22.8. The van der Waals surface area contributed by atoms with Crippen molar-refractivity contribution in [2.75, 3.05) is 35.7 Å². The number of piperidine rings is 1. The van der Waals surface area contributed by atoms with Crippen LogP contribution in [0.5, 0.6) is 5.88 Å². The van der Waals surface area contributed by atoms with Crippen molar-refractivity contribution in [2.45, 2.75) is 50.0 Å². The molecule has 1 fully saturated rings. The van der Waals surface area contributed by atoms with E-state index in [0.29, 0.717) is 11.8 Å². The van der Waals surface area contributed by atoms with Crippen molar-refractivity contribution in [3.63, 3.8) is 0 Å². The van der Waals surface area contributed by atoms with E-state index in [1.165, 1.54) is 21.7 Å². The van der Waals surface area contributed by atoms with Gasteiger partial charge < -0.3 is 14.5 Å². The number of anilines is 3. The maximum absolute atomic E-state index is 6.29. The van der Waals surface area contributed by atoms with Crippen LogP contribution in [-0.2, 0) is 6.42 Å². The first-order chi connectivity index (χ1) is 16.1. The summed E-state index contributed by atoms with van der Waals surface area (Å²) in [6.45, 7) is 7.20. The molecular formula is C26H31N5OS. The molecule has 4 heterocycles. The Balaban J connectivity index is 1.21. The maximum atomic E-state index is 6.29. The van der Waals surface area contributed by atoms with Gasteiger partial charge in [-0.1, -0.05) is 19.9 Å². The number of thioether (sulfide) groups is 1. The minimum Gasteiger partial charge on any atom is -0.474 e. The molecule has 1 saturated heterocycles. The van der Waals surface area contributed by atoms with Crippen molar-refractivity contribution in [1.29, 1.82) is 0 Å². The summed E-state index contributed by atoms with van der Waals surface area (Å²) in [6, 6.07) is 13.0. The van der Waals surface area contributed by atoms with Crippen LogP contribution in [0.2, 0.25) is 0 Å². The predicted molar refractivity (Wildman–Crippen MR) is 135 cm³/mol. The number of pyridine rings is 1. The topological polar surface area (TPSA) is 54.4 Å². The second-order valence-electron chi connectivity index (χ2n) is 9.02. The van der Waals surface area contributed by atoms with Crippen molar-refractivity contribution in [3.8, 4) is 5.88 Å². The van der Waals surface area contributed by atoms with Crippen molar-refractivity contribution in [2.24, 2.45) is 0 Å². The molecule has 3 aromatic rings. The van der Waals surface area contributed by atoms with Crippen LogP contribution in [0.4, 0.5) is 17.3 Å². The fourth-order valence-electron chi connectivity index (χ4n) is 4.58. The lowest BCUT2D eigenvalue weighted by Gasteiger charge is -2.32. The molecule has 172 valence electrons. The second-order valence-corrected chi connectivity index (χ2v) is 9.90. The Kier molecular flexibility index (Phi) is 6.40. The molecule has 0 spiro atoms. The van der Waals surface area contributed by atoms with Crippen molar-refractivity contribution in [3.05, 3.63) is 60.0 Å². The molecule has 33 heavy (non-hydrogen) atoms. The highest BCUT2D eigenvalue weighted by Crippen LogP contribution is 2.36. The number of aromatic nitrogens is 3. The van der Waals surface area contributed by atoms with Crippen LogP contribution in [0.25, 0.3) is 0 Å². The molecule has 2 aliphatic heterocycles. The molecule has 5 rings (SSSR count). The van der Waals surface area contributed by atoms with Crippen LogP contribution < -0.4 is 14.5 Å². The van der Waals surface area contributed by atoms with Crippen molar-refractivity contribution >= 4 is 29.1 Å². The molecule has 0 aliphatic carbocycles. The number of nitrogens with zero attached hydrogens (tertiary/aromatic N) is 5. The van der Waals surface area contributed by atoms with Crippen LogP contribution in [0, 0.1) is 0 Å². The molecule has 0 atom stereocenters. The van der Waals surface area contributed by atoms with E-state index in [1.54, 1.807) is 18.1 Å². The first-order valence-corrected chi connectivity index (χ1v) is 13.0. The largest absolute Gasteiger partial charge is 0.474 e. The summed E-state index contributed by atoms with van der Waals surface area (Å²) in [5, 5.41) is 0. The fraction of sp³-hybridized carbons (Fsp3) is 0.423. The first-order valence-electron chi connectivity index (χ1n) is 11.7. The van der Waals surface area contributed by atoms with Gasteiger partial charge in [-0.15, -0.1) is 11.8 Å². The van der Waals surface area contributed by atoms with Crippen molar-refractivity contribution in [1.82, 2.24) is 15.0 Å². The highest BCUT2D eigenvalue weighted by Gasteiger charge is 2.24. The van der Waals surface area contributed by atoms with E-state index in [1.807, 2.05) is 12.3 Å². The second kappa shape index (κ2) is 9.59. The Labute approximate surface area is 200 Å². The summed E-state index contributed by atoms with van der Waals surface area (Å²) in [5.41, 5.74) is 3.90. The lowest BCUT2D eigenvalue weighted by atomic mass is 10.1. The van der Waals surface area contributed by atoms with Gasteiger partial charge in [0.2, 0.25) is 5.88 Å². The van der Waals surface area contributed by atoms with Gasteiger partial charge in [-0.05, 0) is 54.0 Å². The Morgan fingerprint density at radius 3 is 2.55 bits per heavy atom. The summed E-state index contributed by atoms with van der Waals surface area (Å²) in [5.74, 6) is 3.12. The van der Waals surface area contributed by atoms with Gasteiger partial charge in [-0.3, -0.25) is 0 Å². The first kappa shape index (κ1) is 22.0. The number of ether oxygens (including phenoxy) is 1. The molecule has 0 bridgehead atoms. The molecule has 2 aromatic heterocycles. The van der Waals surface area contributed by atoms with E-state index in [2.05, 4.69) is 75.2 Å². The van der Waals surface area contributed by atoms with Gasteiger partial charge in [-0.2, -0.15) is 0 Å². The molecule has 0 radical (unpaired) electrons. The third-order valence-corrected chi connectivity index (χ3v) is 7.30. The summed E-state index contributed by atoms with van der Waals surface area (Å²) in [7, 11) is 0. The van der Waals surface area contributed by atoms with Gasteiger partial charge in [0.1, 0.15) is 24.1 Å². The quantitative estimate of drug-likeness (QED) is 0.452. The summed E-state index contributed by atoms with van der Waals surface area (Å²) in [4.78, 5) is 19.5. The SMILES string of the molecule is CSc1ccc2c(c1)CCN2c1cc(OC2CCN(c3ccc(C(C)C)cn3)CC2)ncn1. The van der Waals surface area contributed by atoms with Crippen LogP contribution >= 0.6 is 11.8 Å². The maximum Gasteiger partial charge on any atom is 0.218 e. The Morgan fingerprint density at radius 2 is 1.82 bits per heavy atom. The van der Waals surface area contributed by atoms with Crippen molar-refractivity contribution < 1.29 is 4.74 Å². The van der Waals surface area contributed by atoms with E-state index >= 15 is 0 Å². The Hall–Kier alpha value is -2.80. The van der Waals surface area contributed by atoms with E-state index in [9.17, 15) is 0 Å². The fourth-order valence-corrected chi connectivity index (χ4v) is 5.05. The number of fused-ring (bicyclic) bond motifs is 1. The monoisotopic (exact) mass is 461 g/mol. The Morgan fingerprint density at radius 1 is 0.970 bits per heavy atom. The number of hydrogen-bond acceptors (Lipinski definition) is 7. The molecule has 6 nitrogen and oxygen atoms in total. The number of hydrogen-bond donors (Lipinski definition) is 0. The van der Waals surface area contributed by atoms with Crippen LogP contribution in [-0.4, -0.2) is 46.9 Å². The van der Waals surface area contributed by atoms with Gasteiger partial charge in [0.05, 0.1) is 0 Å². The van der Waals surface area contributed by atoms with Gasteiger partial charge in [-0.25, -0.2) is 15.0 Å². The normalized spacial score (nSPS) is 16.4. The molecule has 0 unspecified atom stereocenters. The third kappa shape index (κ3) is 4.78. The summed E-state index contributed by atoms with van der Waals surface area (Å²) in [6.07, 6.45) is 8.85. The van der Waals surface area contributed by atoms with Crippen LogP contribution in [0.15, 0.2) is 53.8 Å². The molecule has 2 aliphatic rings. The zero-order valence-corrected chi connectivity index (χ0v) is 20.4. The van der Waals surface area contributed by atoms with Gasteiger partial charge in [0.25, 0.3) is 0 Å². The predicted octanol–water partition coefficient (Wildman–Crippen LogP) is 5.46. The highest BCUT2D eigenvalue weighted by molar-refractivity contribution is 7.98. The van der Waals surface area contributed by atoms with Gasteiger partial charge >= 0.3 is 0 Å². The lowest BCUT2D eigenvalue weighted by molar-refractivity contribution is 0.163. The van der Waals surface area contributed by atoms with Gasteiger partial charge in [0.15, 0.2) is 0 Å². The third-order valence-electron chi connectivity index (χ3n) is 6.58. The molecular weight excluding hydrogens is 430 g/mol. The summed E-state index contributed by atoms with van der Waals surface area (Å²) >= 11 is 1.78. The number of rotatable bonds is 6. The minimum atomic E-state index is 0.161. The van der Waals surface area contributed by atoms with E-state index < -0.39 is 0 Å². The summed E-state index contributed by atoms with van der Waals surface area (Å²) < 4.78 is 6.29. The Bertz CT molecular complexity index is 1100. The highest BCUT2D eigenvalue weighted by atomic mass is 32.2. The van der Waals surface area contributed by atoms with E-state index in [4.69, 9.17) is 4.74 Å². The lowest BCUT2D eigenvalue weighted by Crippen LogP contribution is -2.38. The molecule has 7 heteroatoms. The van der Waals surface area contributed by atoms with E-state index in [0.717, 1.165) is 50.5 Å². The zero-order valence-electron chi connectivity index (χ0n) is 19.6. The molecule has 0 amide bonds. The van der Waals surface area contributed by atoms with Crippen LogP contribution in [0.1, 0.15) is 43.7 Å². The average Bonchev–Trinajstić information content (AvgIpc) is 3.28. The average molecular weight is 462 g/mol. The molecule has 0 N–H and O–H groups in total. The van der Waals surface area contributed by atoms with E-state index in [-0.39, 0.29) is 6.10 Å². The molecule has 0 saturated carbocycles. The smallest absolute Gasteiger partial charge is 0.218 e.